The summed E-state index contributed by atoms with van der Waals surface area (Å²) in [4.78, 5) is 23.9. The Balaban J connectivity index is 1.66. The van der Waals surface area contributed by atoms with Crippen molar-refractivity contribution in [1.29, 1.82) is 0 Å². The lowest BCUT2D eigenvalue weighted by molar-refractivity contribution is 0.102. The number of aromatic nitrogens is 3. The highest BCUT2D eigenvalue weighted by Gasteiger charge is 2.06. The average molecular weight is 355 g/mol. The normalized spacial score (nSPS) is 10.3. The fraction of sp³-hybridized carbons (Fsp3) is 0.0588. The van der Waals surface area contributed by atoms with E-state index in [1.54, 1.807) is 30.6 Å². The molecule has 1 aromatic carbocycles. The van der Waals surface area contributed by atoms with Crippen molar-refractivity contribution in [3.63, 3.8) is 0 Å². The molecule has 2 heterocycles. The van der Waals surface area contributed by atoms with Crippen molar-refractivity contribution in [1.82, 2.24) is 15.0 Å². The number of hydrogen-bond donors (Lipinski definition) is 3. The van der Waals surface area contributed by atoms with Crippen LogP contribution in [0.4, 0.5) is 17.5 Å². The number of carbonyl (C=O) groups excluding carboxylic acids is 1. The van der Waals surface area contributed by atoms with Crippen LogP contribution in [0.2, 0.25) is 5.15 Å². The van der Waals surface area contributed by atoms with Gasteiger partial charge in [-0.25, -0.2) is 4.98 Å². The summed E-state index contributed by atoms with van der Waals surface area (Å²) >= 11 is 5.85. The van der Waals surface area contributed by atoms with Gasteiger partial charge in [0, 0.05) is 36.3 Å². The molecule has 0 fully saturated rings. The maximum atomic E-state index is 12.2. The first-order valence-electron chi connectivity index (χ1n) is 7.44. The van der Waals surface area contributed by atoms with E-state index < -0.39 is 0 Å². The number of halogens is 1. The Morgan fingerprint density at radius 2 is 1.92 bits per heavy atom. The molecule has 1 amide bonds. The van der Waals surface area contributed by atoms with E-state index in [4.69, 9.17) is 17.3 Å². The van der Waals surface area contributed by atoms with Gasteiger partial charge in [-0.3, -0.25) is 9.78 Å². The first kappa shape index (κ1) is 16.7. The van der Waals surface area contributed by atoms with Crippen LogP contribution < -0.4 is 16.4 Å². The lowest BCUT2D eigenvalue weighted by atomic mass is 10.2. The van der Waals surface area contributed by atoms with E-state index in [1.165, 1.54) is 0 Å². The fourth-order valence-electron chi connectivity index (χ4n) is 2.18. The van der Waals surface area contributed by atoms with E-state index in [0.717, 1.165) is 5.56 Å². The van der Waals surface area contributed by atoms with Crippen molar-refractivity contribution in [2.24, 2.45) is 0 Å². The van der Waals surface area contributed by atoms with Crippen LogP contribution in [0.5, 0.6) is 0 Å². The van der Waals surface area contributed by atoms with Gasteiger partial charge in [0.25, 0.3) is 5.91 Å². The van der Waals surface area contributed by atoms with Crippen molar-refractivity contribution in [3.8, 4) is 0 Å². The maximum absolute atomic E-state index is 12.2. The zero-order chi connectivity index (χ0) is 17.6. The van der Waals surface area contributed by atoms with Gasteiger partial charge in [0.05, 0.1) is 0 Å². The molecule has 0 atom stereocenters. The van der Waals surface area contributed by atoms with Crippen molar-refractivity contribution < 1.29 is 4.79 Å². The Labute approximate surface area is 149 Å². The standard InChI is InChI=1S/C17H15ClN6O/c18-14-9-15(24-17(19)23-14)21-10-11-2-1-3-13(8-11)22-16(25)12-4-6-20-7-5-12/h1-9H,10H2,(H,22,25)(H3,19,21,23,24). The molecule has 3 aromatic rings. The Bertz CT molecular complexity index is 867. The molecule has 25 heavy (non-hydrogen) atoms. The minimum absolute atomic E-state index is 0.105. The number of nitrogens with one attached hydrogen (secondary N) is 2. The van der Waals surface area contributed by atoms with Gasteiger partial charge >= 0.3 is 0 Å². The summed E-state index contributed by atoms with van der Waals surface area (Å²) in [6.45, 7) is 0.492. The third-order valence-corrected chi connectivity index (χ3v) is 3.51. The first-order valence-corrected chi connectivity index (χ1v) is 7.82. The molecular weight excluding hydrogens is 340 g/mol. The highest BCUT2D eigenvalue weighted by atomic mass is 35.5. The molecule has 8 heteroatoms. The van der Waals surface area contributed by atoms with Crippen molar-refractivity contribution in [3.05, 3.63) is 71.1 Å². The number of amides is 1. The van der Waals surface area contributed by atoms with Gasteiger partial charge in [-0.2, -0.15) is 4.98 Å². The SMILES string of the molecule is Nc1nc(Cl)cc(NCc2cccc(NC(=O)c3ccncc3)c2)n1. The van der Waals surface area contributed by atoms with Crippen LogP contribution in [-0.2, 0) is 6.54 Å². The quantitative estimate of drug-likeness (QED) is 0.608. The zero-order valence-electron chi connectivity index (χ0n) is 13.1. The molecule has 2 aromatic heterocycles. The summed E-state index contributed by atoms with van der Waals surface area (Å²) < 4.78 is 0. The molecule has 0 unspecified atom stereocenters. The van der Waals surface area contributed by atoms with Gasteiger partial charge in [0.2, 0.25) is 5.95 Å². The molecular formula is C17H15ClN6O. The smallest absolute Gasteiger partial charge is 0.255 e. The highest BCUT2D eigenvalue weighted by molar-refractivity contribution is 6.29. The molecule has 0 radical (unpaired) electrons. The Morgan fingerprint density at radius 1 is 1.12 bits per heavy atom. The number of benzene rings is 1. The van der Waals surface area contributed by atoms with E-state index in [9.17, 15) is 4.79 Å². The van der Waals surface area contributed by atoms with Gasteiger partial charge < -0.3 is 16.4 Å². The molecule has 0 aliphatic carbocycles. The van der Waals surface area contributed by atoms with Crippen molar-refractivity contribution in [2.75, 3.05) is 16.4 Å². The van der Waals surface area contributed by atoms with Crippen molar-refractivity contribution in [2.45, 2.75) is 6.54 Å². The summed E-state index contributed by atoms with van der Waals surface area (Å²) in [5, 5.41) is 6.24. The summed E-state index contributed by atoms with van der Waals surface area (Å²) in [7, 11) is 0. The molecule has 7 nitrogen and oxygen atoms in total. The minimum Gasteiger partial charge on any atom is -0.368 e. The number of nitrogen functional groups attached to an aromatic ring is 1. The third kappa shape index (κ3) is 4.65. The number of carbonyl (C=O) groups is 1. The van der Waals surface area contributed by atoms with E-state index in [0.29, 0.717) is 23.6 Å². The summed E-state index contributed by atoms with van der Waals surface area (Å²) in [5.41, 5.74) is 7.76. The monoisotopic (exact) mass is 354 g/mol. The highest BCUT2D eigenvalue weighted by Crippen LogP contribution is 2.16. The van der Waals surface area contributed by atoms with Gasteiger partial charge in [0.15, 0.2) is 0 Å². The maximum Gasteiger partial charge on any atom is 0.255 e. The number of nitrogens with two attached hydrogens (primary N) is 1. The second-order valence-electron chi connectivity index (χ2n) is 5.18. The molecule has 0 bridgehead atoms. The van der Waals surface area contributed by atoms with Crippen molar-refractivity contribution >= 4 is 35.0 Å². The first-order chi connectivity index (χ1) is 12.1. The van der Waals surface area contributed by atoms with E-state index in [2.05, 4.69) is 25.6 Å². The summed E-state index contributed by atoms with van der Waals surface area (Å²) in [6, 6.07) is 12.4. The van der Waals surface area contributed by atoms with Crippen LogP contribution in [0.25, 0.3) is 0 Å². The van der Waals surface area contributed by atoms with E-state index >= 15 is 0 Å². The molecule has 0 spiro atoms. The van der Waals surface area contributed by atoms with Crippen LogP contribution in [-0.4, -0.2) is 20.9 Å². The van der Waals surface area contributed by atoms with Gasteiger partial charge in [-0.05, 0) is 29.8 Å². The van der Waals surface area contributed by atoms with E-state index in [1.807, 2.05) is 24.3 Å². The van der Waals surface area contributed by atoms with Crippen LogP contribution in [0, 0.1) is 0 Å². The largest absolute Gasteiger partial charge is 0.368 e. The molecule has 126 valence electrons. The van der Waals surface area contributed by atoms with E-state index in [-0.39, 0.29) is 17.0 Å². The predicted octanol–water partition coefficient (Wildman–Crippen LogP) is 2.97. The van der Waals surface area contributed by atoms with Gasteiger partial charge in [-0.1, -0.05) is 23.7 Å². The Hall–Kier alpha value is -3.19. The fourth-order valence-corrected chi connectivity index (χ4v) is 2.37. The molecule has 0 aliphatic rings. The van der Waals surface area contributed by atoms with Crippen LogP contribution in [0.15, 0.2) is 54.9 Å². The Morgan fingerprint density at radius 3 is 2.68 bits per heavy atom. The van der Waals surface area contributed by atoms with Gasteiger partial charge in [0.1, 0.15) is 11.0 Å². The van der Waals surface area contributed by atoms with Crippen LogP contribution >= 0.6 is 11.6 Å². The summed E-state index contributed by atoms with van der Waals surface area (Å²) in [5.74, 6) is 0.444. The number of rotatable bonds is 5. The molecule has 4 N–H and O–H groups in total. The number of pyridine rings is 1. The zero-order valence-corrected chi connectivity index (χ0v) is 13.9. The molecule has 0 aliphatic heterocycles. The minimum atomic E-state index is -0.192. The lowest BCUT2D eigenvalue weighted by Gasteiger charge is -2.09. The predicted molar refractivity (Wildman–Crippen MR) is 97.4 cm³/mol. The second kappa shape index (κ2) is 7.59. The number of anilines is 3. The number of nitrogens with zero attached hydrogens (tertiary/aromatic N) is 3. The lowest BCUT2D eigenvalue weighted by Crippen LogP contribution is -2.12. The second-order valence-corrected chi connectivity index (χ2v) is 5.57. The van der Waals surface area contributed by atoms with Gasteiger partial charge in [-0.15, -0.1) is 0 Å². The molecule has 0 saturated heterocycles. The number of hydrogen-bond acceptors (Lipinski definition) is 6. The van der Waals surface area contributed by atoms with Crippen LogP contribution in [0.3, 0.4) is 0 Å². The average Bonchev–Trinajstić information content (AvgIpc) is 2.60. The molecule has 3 rings (SSSR count). The Kier molecular flexibility index (Phi) is 5.06. The topological polar surface area (TPSA) is 106 Å². The summed E-state index contributed by atoms with van der Waals surface area (Å²) in [6.07, 6.45) is 3.15. The third-order valence-electron chi connectivity index (χ3n) is 3.31. The van der Waals surface area contributed by atoms with Crippen LogP contribution in [0.1, 0.15) is 15.9 Å². The molecule has 0 saturated carbocycles.